The van der Waals surface area contributed by atoms with Crippen LogP contribution in [0.5, 0.6) is 0 Å². The minimum Gasteiger partial charge on any atom is -0.229 e. The summed E-state index contributed by atoms with van der Waals surface area (Å²) >= 11 is 0. The van der Waals surface area contributed by atoms with Gasteiger partial charge in [-0.05, 0) is 0 Å². The summed E-state index contributed by atoms with van der Waals surface area (Å²) in [5.41, 5.74) is 0. The molecule has 1 heterocycles. The van der Waals surface area contributed by atoms with Crippen LogP contribution in [0, 0.1) is 0 Å². The van der Waals surface area contributed by atoms with Crippen molar-refractivity contribution < 1.29 is 17.6 Å². The van der Waals surface area contributed by atoms with Gasteiger partial charge in [-0.3, -0.25) is 0 Å². The van der Waals surface area contributed by atoms with Crippen LogP contribution in [0.25, 0.3) is 0 Å². The lowest BCUT2D eigenvalue weighted by molar-refractivity contribution is -0.133. The molecule has 10 heavy (non-hydrogen) atoms. The number of rotatable bonds is 0. The van der Waals surface area contributed by atoms with Crippen molar-refractivity contribution in [2.24, 2.45) is 0 Å². The minimum atomic E-state index is -3.30. The Hall–Kier alpha value is -0.320. The maximum atomic E-state index is 12.1. The Labute approximate surface area is 55.4 Å². The molecule has 59 valence electrons. The first-order valence-electron chi connectivity index (χ1n) is 2.80. The van der Waals surface area contributed by atoms with E-state index in [0.717, 1.165) is 0 Å². The third-order valence-corrected chi connectivity index (χ3v) is 1.20. The molecule has 0 amide bonds. The Morgan fingerprint density at radius 1 is 0.900 bits per heavy atom. The molecule has 0 N–H and O–H groups in total. The van der Waals surface area contributed by atoms with Gasteiger partial charge in [0.25, 0.3) is 11.8 Å². The molecule has 1 aliphatic rings. The lowest BCUT2D eigenvalue weighted by Crippen LogP contribution is -2.46. The maximum absolute atomic E-state index is 12.1. The first-order valence-corrected chi connectivity index (χ1v) is 2.80. The second kappa shape index (κ2) is 2.08. The molecule has 0 bridgehead atoms. The molecule has 0 aromatic rings. The van der Waals surface area contributed by atoms with Gasteiger partial charge in [0, 0.05) is 0 Å². The lowest BCUT2D eigenvalue weighted by Gasteiger charge is -2.27. The van der Waals surface area contributed by atoms with Gasteiger partial charge < -0.3 is 0 Å². The Balaban J connectivity index is 2.56. The normalized spacial score (nSPS) is 30.0. The SMILES string of the molecule is FC1(F)C[N]CC(F)(F)C1. The largest absolute Gasteiger partial charge is 0.267 e. The highest BCUT2D eigenvalue weighted by Crippen LogP contribution is 2.33. The minimum absolute atomic E-state index is 0.761. The van der Waals surface area contributed by atoms with E-state index in [1.807, 2.05) is 0 Å². The zero-order valence-electron chi connectivity index (χ0n) is 5.08. The molecule has 0 atom stereocenters. The first kappa shape index (κ1) is 7.78. The number of halogens is 4. The van der Waals surface area contributed by atoms with E-state index in [2.05, 4.69) is 5.32 Å². The Kier molecular flexibility index (Phi) is 1.62. The third-order valence-electron chi connectivity index (χ3n) is 1.20. The topological polar surface area (TPSA) is 14.1 Å². The Morgan fingerprint density at radius 2 is 1.30 bits per heavy atom. The Bertz CT molecular complexity index is 120. The molecule has 0 spiro atoms. The average molecular weight is 156 g/mol. The van der Waals surface area contributed by atoms with E-state index in [9.17, 15) is 17.6 Å². The van der Waals surface area contributed by atoms with Gasteiger partial charge in [0.15, 0.2) is 0 Å². The van der Waals surface area contributed by atoms with Gasteiger partial charge in [-0.25, -0.2) is 22.9 Å². The van der Waals surface area contributed by atoms with E-state index in [4.69, 9.17) is 0 Å². The molecule has 1 rings (SSSR count). The number of nitrogens with zero attached hydrogens (tertiary/aromatic N) is 1. The van der Waals surface area contributed by atoms with Crippen LogP contribution >= 0.6 is 0 Å². The fourth-order valence-electron chi connectivity index (χ4n) is 0.873. The summed E-state index contributed by atoms with van der Waals surface area (Å²) in [5, 5.41) is 2.98. The summed E-state index contributed by atoms with van der Waals surface area (Å²) in [6, 6.07) is 0. The fourth-order valence-corrected chi connectivity index (χ4v) is 0.873. The zero-order valence-corrected chi connectivity index (χ0v) is 5.08. The molecule has 1 nitrogen and oxygen atoms in total. The van der Waals surface area contributed by atoms with E-state index in [1.165, 1.54) is 0 Å². The van der Waals surface area contributed by atoms with Gasteiger partial charge in [0.2, 0.25) is 0 Å². The van der Waals surface area contributed by atoms with Crippen molar-refractivity contribution in [3.8, 4) is 0 Å². The molecule has 1 saturated heterocycles. The highest BCUT2D eigenvalue weighted by atomic mass is 19.3. The number of hydrogen-bond donors (Lipinski definition) is 0. The van der Waals surface area contributed by atoms with Crippen LogP contribution in [0.15, 0.2) is 0 Å². The molecule has 1 fully saturated rings. The summed E-state index contributed by atoms with van der Waals surface area (Å²) in [5.74, 6) is -6.61. The molecule has 0 saturated carbocycles. The van der Waals surface area contributed by atoms with Crippen molar-refractivity contribution in [1.29, 1.82) is 0 Å². The molecule has 0 aromatic heterocycles. The van der Waals surface area contributed by atoms with Crippen molar-refractivity contribution in [1.82, 2.24) is 5.32 Å². The van der Waals surface area contributed by atoms with Crippen molar-refractivity contribution in [3.05, 3.63) is 0 Å². The molecule has 1 aliphatic heterocycles. The first-order chi connectivity index (χ1) is 4.41. The second-order valence-electron chi connectivity index (χ2n) is 2.43. The van der Waals surface area contributed by atoms with Crippen molar-refractivity contribution in [3.63, 3.8) is 0 Å². The van der Waals surface area contributed by atoms with E-state index in [1.54, 1.807) is 0 Å². The molecular formula is C5H6F4N. The van der Waals surface area contributed by atoms with Crippen LogP contribution in [0.4, 0.5) is 17.6 Å². The monoisotopic (exact) mass is 156 g/mol. The van der Waals surface area contributed by atoms with E-state index in [0.29, 0.717) is 0 Å². The average Bonchev–Trinajstić information content (AvgIpc) is 1.56. The maximum Gasteiger partial charge on any atom is 0.267 e. The van der Waals surface area contributed by atoms with Gasteiger partial charge in [0.05, 0.1) is 19.5 Å². The van der Waals surface area contributed by atoms with Crippen molar-refractivity contribution >= 4 is 0 Å². The number of piperidine rings is 1. The standard InChI is InChI=1S/C5H6F4N/c6-4(7)1-5(8,9)3-10-2-4/h1-3H2. The van der Waals surface area contributed by atoms with Crippen molar-refractivity contribution in [2.75, 3.05) is 13.1 Å². The quantitative estimate of drug-likeness (QED) is 0.469. The lowest BCUT2D eigenvalue weighted by atomic mass is 10.1. The zero-order chi connectivity index (χ0) is 7.83. The number of hydrogen-bond acceptors (Lipinski definition) is 0. The molecule has 5 heteroatoms. The van der Waals surface area contributed by atoms with Gasteiger partial charge in [-0.2, -0.15) is 0 Å². The smallest absolute Gasteiger partial charge is 0.229 e. The van der Waals surface area contributed by atoms with Crippen LogP contribution in [0.2, 0.25) is 0 Å². The van der Waals surface area contributed by atoms with Crippen LogP contribution in [0.1, 0.15) is 6.42 Å². The van der Waals surface area contributed by atoms with Gasteiger partial charge in [-0.15, -0.1) is 0 Å². The summed E-state index contributed by atoms with van der Waals surface area (Å²) in [7, 11) is 0. The number of alkyl halides is 4. The summed E-state index contributed by atoms with van der Waals surface area (Å²) < 4.78 is 48.5. The molecule has 0 aromatic carbocycles. The highest BCUT2D eigenvalue weighted by Gasteiger charge is 2.47. The molecule has 0 aliphatic carbocycles. The van der Waals surface area contributed by atoms with Crippen LogP contribution in [-0.4, -0.2) is 24.9 Å². The highest BCUT2D eigenvalue weighted by molar-refractivity contribution is 4.86. The summed E-state index contributed by atoms with van der Waals surface area (Å²) in [4.78, 5) is 0. The fraction of sp³-hybridized carbons (Fsp3) is 1.00. The van der Waals surface area contributed by atoms with Crippen LogP contribution in [-0.2, 0) is 0 Å². The third kappa shape index (κ3) is 1.83. The van der Waals surface area contributed by atoms with Gasteiger partial charge in [-0.1, -0.05) is 0 Å². The van der Waals surface area contributed by atoms with E-state index in [-0.39, 0.29) is 0 Å². The van der Waals surface area contributed by atoms with Crippen LogP contribution in [0.3, 0.4) is 0 Å². The summed E-state index contributed by atoms with van der Waals surface area (Å²) in [6.07, 6.45) is -1.36. The molecular weight excluding hydrogens is 150 g/mol. The second-order valence-corrected chi connectivity index (χ2v) is 2.43. The predicted molar refractivity (Wildman–Crippen MR) is 26.4 cm³/mol. The van der Waals surface area contributed by atoms with Crippen LogP contribution < -0.4 is 5.32 Å². The Morgan fingerprint density at radius 3 is 1.50 bits per heavy atom. The van der Waals surface area contributed by atoms with Gasteiger partial charge in [0.1, 0.15) is 0 Å². The molecule has 0 unspecified atom stereocenters. The van der Waals surface area contributed by atoms with Crippen molar-refractivity contribution in [2.45, 2.75) is 18.3 Å². The predicted octanol–water partition coefficient (Wildman–Crippen LogP) is 1.27. The van der Waals surface area contributed by atoms with E-state index >= 15 is 0 Å². The van der Waals surface area contributed by atoms with E-state index < -0.39 is 31.4 Å². The summed E-state index contributed by atoms with van der Waals surface area (Å²) in [6.45, 7) is -1.52. The van der Waals surface area contributed by atoms with Gasteiger partial charge >= 0.3 is 0 Å². The molecule has 1 radical (unpaired) electrons.